The number of amides is 2. The molecule has 2 amide bonds. The molecule has 9 aromatic rings. The third kappa shape index (κ3) is 12.1. The number of imide groups is 1. The molecule has 1 heterocycles. The smallest absolute Gasteiger partial charge is 0.744 e. The first kappa shape index (κ1) is 59.7. The summed E-state index contributed by atoms with van der Waals surface area (Å²) in [6, 6.07) is 40.6. The van der Waals surface area contributed by atoms with Gasteiger partial charge in [-0.05, 0) is 119 Å². The molecular formula is C59H47NNa2O13S3. The van der Waals surface area contributed by atoms with Gasteiger partial charge in [0.2, 0.25) is 0 Å². The van der Waals surface area contributed by atoms with Gasteiger partial charge in [-0.3, -0.25) is 13.8 Å². The first-order valence-corrected chi connectivity index (χ1v) is 27.9. The number of para-hydroxylation sites is 1. The SMILES string of the molecule is Cc1ccc(S(=O)(=O)OCCCCC#Cc2ccc3c4c(Oc5cc[c-]cc5)cc5c6c(cc(Oc7ccc(S(=O)(=O)[O-])cc7)c(c7cccc2c73)c64)C(=O)N(c2c(C(C)C)cccc2C(C)C)C5=O)cc1.O=S(=O)=O.[Na+].[Na+]. The molecule has 78 heavy (non-hydrogen) atoms. The van der Waals surface area contributed by atoms with Crippen LogP contribution in [0.2, 0.25) is 0 Å². The van der Waals surface area contributed by atoms with E-state index in [1.54, 1.807) is 48.5 Å². The van der Waals surface area contributed by atoms with Gasteiger partial charge in [0.1, 0.15) is 27.4 Å². The summed E-state index contributed by atoms with van der Waals surface area (Å²) in [6.07, 6.45) is 1.54. The Morgan fingerprint density at radius 2 is 1.13 bits per heavy atom. The van der Waals surface area contributed by atoms with E-state index >= 15 is 9.59 Å². The molecule has 0 fully saturated rings. The fourth-order valence-electron chi connectivity index (χ4n) is 9.64. The summed E-state index contributed by atoms with van der Waals surface area (Å²) < 4.78 is 106. The van der Waals surface area contributed by atoms with Crippen LogP contribution in [0, 0.1) is 24.8 Å². The molecule has 0 aromatic heterocycles. The molecule has 0 saturated carbocycles. The molecule has 0 atom stereocenters. The quantitative estimate of drug-likeness (QED) is 0.0135. The largest absolute Gasteiger partial charge is 1.00 e. The van der Waals surface area contributed by atoms with Gasteiger partial charge < -0.3 is 14.0 Å². The van der Waals surface area contributed by atoms with Crippen molar-refractivity contribution in [2.45, 2.75) is 75.5 Å². The number of nitrogens with zero attached hydrogens (tertiary/aromatic N) is 1. The third-order valence-corrected chi connectivity index (χ3v) is 15.2. The molecule has 1 aliphatic rings. The number of anilines is 1. The van der Waals surface area contributed by atoms with Gasteiger partial charge in [-0.1, -0.05) is 99.7 Å². The van der Waals surface area contributed by atoms with Crippen molar-refractivity contribution in [2.75, 3.05) is 11.5 Å². The van der Waals surface area contributed by atoms with Crippen molar-refractivity contribution in [1.82, 2.24) is 0 Å². The summed E-state index contributed by atoms with van der Waals surface area (Å²) in [5.41, 5.74) is 4.33. The van der Waals surface area contributed by atoms with Gasteiger partial charge in [-0.2, -0.15) is 26.6 Å². The number of unbranched alkanes of at least 4 members (excludes halogenated alkanes) is 2. The molecule has 0 radical (unpaired) electrons. The second-order valence-electron chi connectivity index (χ2n) is 18.7. The number of carbonyl (C=O) groups is 2. The number of hydrogen-bond acceptors (Lipinski definition) is 13. The van der Waals surface area contributed by atoms with Crippen LogP contribution in [0.1, 0.15) is 102 Å². The Balaban J connectivity index is 0.00000142. The Kier molecular flexibility index (Phi) is 18.8. The zero-order chi connectivity index (χ0) is 54.2. The number of ether oxygens (including phenoxy) is 2. The zero-order valence-electron chi connectivity index (χ0n) is 43.7. The van der Waals surface area contributed by atoms with Crippen LogP contribution < -0.4 is 73.5 Å². The maximum Gasteiger partial charge on any atom is 1.00 e. The molecule has 0 aliphatic carbocycles. The minimum Gasteiger partial charge on any atom is -0.744 e. The average molecular weight is 1120 g/mol. The van der Waals surface area contributed by atoms with Crippen LogP contribution in [0.3, 0.4) is 0 Å². The van der Waals surface area contributed by atoms with E-state index in [-0.39, 0.29) is 105 Å². The number of fused-ring (bicyclic) bond motifs is 2. The standard InChI is InChI=1S/C59H48NO10S2.2Na.O3S/c1-35(2)43-18-13-19-44(36(3)4)57(43)60-58(61)48-33-50(70-40-25-29-41(30-26-40)71(63,64)65)54-46-21-14-20-45-38(15-9-6-7-12-32-68-72(66,67)42-27-22-37(5)23-28-42)24-31-47(52(45)46)55-51(69-39-16-10-8-11-17-39)34-49(59(60)62)53(48)56(54)55;;;1-4(2)3/h10-11,13-14,16-31,33-36H,6-7,12,32H2,1-5H3,(H,63,64,65);;;/q-1;2*+1;/p-1. The van der Waals surface area contributed by atoms with Gasteiger partial charge in [0.05, 0.1) is 33.2 Å². The van der Waals surface area contributed by atoms with E-state index in [4.69, 9.17) is 26.3 Å². The van der Waals surface area contributed by atoms with Crippen LogP contribution in [0.5, 0.6) is 23.0 Å². The molecule has 10 rings (SSSR count). The topological polar surface area (TPSA) is 208 Å². The summed E-state index contributed by atoms with van der Waals surface area (Å²) >= 11 is 0. The van der Waals surface area contributed by atoms with Crippen LogP contribution in [-0.4, -0.2) is 52.4 Å². The van der Waals surface area contributed by atoms with E-state index in [1.165, 1.54) is 41.3 Å². The molecule has 1 aliphatic heterocycles. The van der Waals surface area contributed by atoms with Crippen molar-refractivity contribution < 1.29 is 116 Å². The first-order valence-electron chi connectivity index (χ1n) is 24.1. The predicted molar refractivity (Wildman–Crippen MR) is 288 cm³/mol. The number of benzene rings is 9. The predicted octanol–water partition coefficient (Wildman–Crippen LogP) is 6.31. The minimum absolute atomic E-state index is 0. The number of carbonyl (C=O) groups excluding carboxylic acids is 2. The fraction of sp³-hybridized carbons (Fsp3) is 0.186. The fourth-order valence-corrected chi connectivity index (χ4v) is 11.1. The minimum atomic E-state index is -4.77. The van der Waals surface area contributed by atoms with Crippen LogP contribution >= 0.6 is 0 Å². The monoisotopic (exact) mass is 1120 g/mol. The molecule has 0 spiro atoms. The normalized spacial score (nSPS) is 12.3. The summed E-state index contributed by atoms with van der Waals surface area (Å²) in [4.78, 5) is 31.9. The average Bonchev–Trinajstić information content (AvgIpc) is 3.51. The van der Waals surface area contributed by atoms with Crippen molar-refractivity contribution in [2.24, 2.45) is 0 Å². The number of hydrogen-bond donors (Lipinski definition) is 0. The molecular weight excluding hydrogens is 1070 g/mol. The Morgan fingerprint density at radius 1 is 0.615 bits per heavy atom. The van der Waals surface area contributed by atoms with Crippen molar-refractivity contribution in [3.05, 3.63) is 173 Å². The van der Waals surface area contributed by atoms with E-state index < -0.39 is 47.6 Å². The second kappa shape index (κ2) is 24.6. The van der Waals surface area contributed by atoms with Gasteiger partial charge in [-0.15, -0.1) is 24.8 Å². The van der Waals surface area contributed by atoms with Crippen LogP contribution in [0.4, 0.5) is 5.69 Å². The van der Waals surface area contributed by atoms with Crippen molar-refractivity contribution in [1.29, 1.82) is 0 Å². The van der Waals surface area contributed by atoms with Gasteiger partial charge >= 0.3 is 69.7 Å². The molecule has 9 aromatic carbocycles. The van der Waals surface area contributed by atoms with E-state index in [0.717, 1.165) is 43.8 Å². The van der Waals surface area contributed by atoms with Crippen molar-refractivity contribution >= 4 is 91.4 Å². The number of aryl methyl sites for hydroxylation is 1. The summed E-state index contributed by atoms with van der Waals surface area (Å²) in [5.74, 6) is 6.74. The van der Waals surface area contributed by atoms with Crippen LogP contribution in [-0.2, 0) is 35.0 Å². The van der Waals surface area contributed by atoms with Gasteiger partial charge in [-0.25, -0.2) is 13.3 Å². The van der Waals surface area contributed by atoms with Crippen molar-refractivity contribution in [3.8, 4) is 34.8 Å². The Labute approximate surface area is 497 Å². The molecule has 386 valence electrons. The summed E-state index contributed by atoms with van der Waals surface area (Å²) in [5, 5.41) is 5.24. The van der Waals surface area contributed by atoms with Crippen LogP contribution in [0.25, 0.3) is 43.1 Å². The maximum atomic E-state index is 15.5. The third-order valence-electron chi connectivity index (χ3n) is 13.1. The molecule has 14 nitrogen and oxygen atoms in total. The van der Waals surface area contributed by atoms with E-state index in [1.807, 2.05) is 83.1 Å². The van der Waals surface area contributed by atoms with Gasteiger partial charge in [0.25, 0.3) is 21.9 Å². The Bertz CT molecular complexity index is 4170. The van der Waals surface area contributed by atoms with E-state index in [2.05, 4.69) is 17.9 Å². The van der Waals surface area contributed by atoms with E-state index in [0.29, 0.717) is 58.0 Å². The van der Waals surface area contributed by atoms with Crippen LogP contribution in [0.15, 0.2) is 143 Å². The molecule has 0 saturated heterocycles. The molecule has 0 bridgehead atoms. The zero-order valence-corrected chi connectivity index (χ0v) is 50.1. The first-order chi connectivity index (χ1) is 36.2. The molecule has 0 N–H and O–H groups in total. The van der Waals surface area contributed by atoms with Gasteiger partial charge in [0.15, 0.2) is 0 Å². The van der Waals surface area contributed by atoms with Gasteiger partial charge in [0, 0.05) is 39.3 Å². The Hall–Kier alpha value is -5.98. The summed E-state index contributed by atoms with van der Waals surface area (Å²) in [7, 11) is -11.8. The number of rotatable bonds is 14. The van der Waals surface area contributed by atoms with Crippen molar-refractivity contribution in [3.63, 3.8) is 0 Å². The second-order valence-corrected chi connectivity index (χ2v) is 22.1. The maximum absolute atomic E-state index is 15.5. The molecule has 19 heteroatoms. The van der Waals surface area contributed by atoms with E-state index in [9.17, 15) is 21.4 Å². The summed E-state index contributed by atoms with van der Waals surface area (Å²) in [6.45, 7) is 10.00. The Morgan fingerprint density at radius 3 is 1.68 bits per heavy atom. The molecule has 0 unspecified atom stereocenters.